The summed E-state index contributed by atoms with van der Waals surface area (Å²) in [6.07, 6.45) is 5.44. The summed E-state index contributed by atoms with van der Waals surface area (Å²) in [6, 6.07) is 21.7. The zero-order chi connectivity index (χ0) is 23.2. The number of nitrogens with one attached hydrogen (secondary N) is 1. The van der Waals surface area contributed by atoms with E-state index in [9.17, 15) is 0 Å². The highest BCUT2D eigenvalue weighted by Gasteiger charge is 2.21. The van der Waals surface area contributed by atoms with Crippen molar-refractivity contribution in [3.63, 3.8) is 0 Å². The van der Waals surface area contributed by atoms with Crippen LogP contribution in [0.5, 0.6) is 0 Å². The molecule has 2 heterocycles. The molecule has 0 aliphatic heterocycles. The maximum absolute atomic E-state index is 4.75. The highest BCUT2D eigenvalue weighted by molar-refractivity contribution is 5.85. The van der Waals surface area contributed by atoms with Gasteiger partial charge < -0.3 is 5.32 Å². The van der Waals surface area contributed by atoms with E-state index < -0.39 is 0 Å². The molecule has 0 atom stereocenters. The molecule has 2 aromatic carbocycles. The molecule has 1 saturated carbocycles. The first-order chi connectivity index (χ1) is 16.2. The van der Waals surface area contributed by atoms with E-state index in [4.69, 9.17) is 4.98 Å². The summed E-state index contributed by atoms with van der Waals surface area (Å²) in [4.78, 5) is 9.30. The summed E-state index contributed by atoms with van der Waals surface area (Å²) in [6.45, 7) is 8.30. The number of fused-ring (bicyclic) bond motifs is 1. The molecule has 33 heavy (non-hydrogen) atoms. The van der Waals surface area contributed by atoms with Crippen LogP contribution in [0, 0.1) is 18.8 Å². The molecule has 4 aromatic rings. The Hall–Kier alpha value is -3.64. The number of benzene rings is 2. The highest BCUT2D eigenvalue weighted by atomic mass is 15.0. The predicted molar refractivity (Wildman–Crippen MR) is 140 cm³/mol. The average molecular weight is 434 g/mol. The number of rotatable bonds is 4. The fourth-order valence-electron chi connectivity index (χ4n) is 3.69. The summed E-state index contributed by atoms with van der Waals surface area (Å²) in [7, 11) is 0. The summed E-state index contributed by atoms with van der Waals surface area (Å²) in [5, 5.41) is 4.63. The van der Waals surface area contributed by atoms with Crippen LogP contribution in [-0.2, 0) is 6.42 Å². The third-order valence-electron chi connectivity index (χ3n) is 5.74. The number of anilines is 1. The van der Waals surface area contributed by atoms with E-state index in [-0.39, 0.29) is 0 Å². The lowest BCUT2D eigenvalue weighted by Gasteiger charge is -2.08. The van der Waals surface area contributed by atoms with E-state index >= 15 is 0 Å². The zero-order valence-corrected chi connectivity index (χ0v) is 19.9. The van der Waals surface area contributed by atoms with Gasteiger partial charge in [-0.1, -0.05) is 57.0 Å². The van der Waals surface area contributed by atoms with Gasteiger partial charge in [0.05, 0.1) is 5.52 Å². The molecule has 166 valence electrons. The first-order valence-corrected chi connectivity index (χ1v) is 11.9. The molecule has 0 unspecified atom stereocenters. The Morgan fingerprint density at radius 2 is 1.67 bits per heavy atom. The average Bonchev–Trinajstić information content (AvgIpc) is 3.68. The van der Waals surface area contributed by atoms with Crippen molar-refractivity contribution in [1.82, 2.24) is 9.97 Å². The van der Waals surface area contributed by atoms with Crippen molar-refractivity contribution >= 4 is 16.7 Å². The van der Waals surface area contributed by atoms with Crippen molar-refractivity contribution < 1.29 is 0 Å². The molecule has 0 spiro atoms. The van der Waals surface area contributed by atoms with Gasteiger partial charge in [0.2, 0.25) is 0 Å². The molecule has 1 fully saturated rings. The van der Waals surface area contributed by atoms with E-state index in [0.29, 0.717) is 6.04 Å². The van der Waals surface area contributed by atoms with E-state index in [0.717, 1.165) is 40.0 Å². The monoisotopic (exact) mass is 433 g/mol. The number of aryl methyl sites for hydroxylation is 2. The van der Waals surface area contributed by atoms with Crippen LogP contribution in [0.25, 0.3) is 22.0 Å². The lowest BCUT2D eigenvalue weighted by molar-refractivity contribution is 1.12. The number of pyridine rings is 2. The maximum Gasteiger partial charge on any atom is 0.127 e. The Balaban J connectivity index is 0.00000126. The van der Waals surface area contributed by atoms with Gasteiger partial charge in [-0.3, -0.25) is 0 Å². The Morgan fingerprint density at radius 1 is 0.909 bits per heavy atom. The smallest absolute Gasteiger partial charge is 0.127 e. The Bertz CT molecular complexity index is 1290. The minimum Gasteiger partial charge on any atom is -0.367 e. The Labute approximate surface area is 197 Å². The molecule has 2 aromatic heterocycles. The van der Waals surface area contributed by atoms with Gasteiger partial charge in [0.1, 0.15) is 11.5 Å². The normalized spacial score (nSPS) is 12.4. The first kappa shape index (κ1) is 22.6. The first-order valence-electron chi connectivity index (χ1n) is 11.9. The van der Waals surface area contributed by atoms with Crippen molar-refractivity contribution in [1.29, 1.82) is 0 Å². The molecular weight excluding hydrogens is 402 g/mol. The number of hydrogen-bond acceptors (Lipinski definition) is 3. The van der Waals surface area contributed by atoms with Crippen LogP contribution in [0.1, 0.15) is 56.0 Å². The Kier molecular flexibility index (Phi) is 7.05. The Morgan fingerprint density at radius 3 is 2.33 bits per heavy atom. The van der Waals surface area contributed by atoms with Crippen LogP contribution in [0.2, 0.25) is 0 Å². The molecule has 1 aliphatic rings. The molecular formula is C30H31N3. The number of hydrogen-bond donors (Lipinski definition) is 1. The number of aromatic nitrogens is 2. The van der Waals surface area contributed by atoms with Gasteiger partial charge in [-0.15, -0.1) is 0 Å². The van der Waals surface area contributed by atoms with Crippen molar-refractivity contribution in [2.45, 2.75) is 53.0 Å². The van der Waals surface area contributed by atoms with Crippen LogP contribution in [0.3, 0.4) is 0 Å². The molecule has 3 heteroatoms. The van der Waals surface area contributed by atoms with Crippen LogP contribution in [0.15, 0.2) is 66.9 Å². The largest absolute Gasteiger partial charge is 0.367 e. The second-order valence-corrected chi connectivity index (χ2v) is 8.21. The fourth-order valence-corrected chi connectivity index (χ4v) is 3.69. The van der Waals surface area contributed by atoms with Crippen LogP contribution in [-0.4, -0.2) is 16.0 Å². The van der Waals surface area contributed by atoms with E-state index in [1.165, 1.54) is 29.5 Å². The fraction of sp³-hybridized carbons (Fsp3) is 0.267. The van der Waals surface area contributed by atoms with Crippen LogP contribution in [0.4, 0.5) is 5.82 Å². The third kappa shape index (κ3) is 5.59. The SMILES string of the molecule is CC.CCc1ccc(-c2ccc(C#Cc3ccc4nc(NC5CC5)cc(C)c4c3)nc2)cc1. The summed E-state index contributed by atoms with van der Waals surface area (Å²) < 4.78 is 0. The van der Waals surface area contributed by atoms with E-state index in [1.54, 1.807) is 0 Å². The molecule has 3 nitrogen and oxygen atoms in total. The summed E-state index contributed by atoms with van der Waals surface area (Å²) in [5.74, 6) is 7.42. The third-order valence-corrected chi connectivity index (χ3v) is 5.74. The molecule has 1 aliphatic carbocycles. The van der Waals surface area contributed by atoms with Gasteiger partial charge in [-0.2, -0.15) is 0 Å². The van der Waals surface area contributed by atoms with Crippen molar-refractivity contribution in [2.24, 2.45) is 0 Å². The minimum atomic E-state index is 0.601. The van der Waals surface area contributed by atoms with E-state index in [2.05, 4.69) is 84.5 Å². The lowest BCUT2D eigenvalue weighted by Crippen LogP contribution is -2.03. The molecule has 1 N–H and O–H groups in total. The molecule has 0 radical (unpaired) electrons. The van der Waals surface area contributed by atoms with Gasteiger partial charge in [-0.25, -0.2) is 9.97 Å². The minimum absolute atomic E-state index is 0.601. The van der Waals surface area contributed by atoms with Gasteiger partial charge in [-0.05, 0) is 79.1 Å². The zero-order valence-electron chi connectivity index (χ0n) is 19.9. The van der Waals surface area contributed by atoms with Crippen molar-refractivity contribution in [3.8, 4) is 23.0 Å². The topological polar surface area (TPSA) is 37.8 Å². The van der Waals surface area contributed by atoms with Crippen LogP contribution >= 0.6 is 0 Å². The predicted octanol–water partition coefficient (Wildman–Crippen LogP) is 7.17. The number of nitrogens with zero attached hydrogens (tertiary/aromatic N) is 2. The maximum atomic E-state index is 4.75. The van der Waals surface area contributed by atoms with Crippen molar-refractivity contribution in [2.75, 3.05) is 5.32 Å². The second kappa shape index (κ2) is 10.3. The molecule has 0 bridgehead atoms. The highest BCUT2D eigenvalue weighted by Crippen LogP contribution is 2.27. The second-order valence-electron chi connectivity index (χ2n) is 8.21. The van der Waals surface area contributed by atoms with Gasteiger partial charge in [0, 0.05) is 28.8 Å². The van der Waals surface area contributed by atoms with Crippen LogP contribution < -0.4 is 5.32 Å². The standard InChI is InChI=1S/C28H25N3.C2H6/c1-3-20-4-8-22(9-5-20)23-10-12-24(29-18-23)11-6-21-7-15-27-26(17-21)19(2)16-28(31-27)30-25-13-14-25;1-2/h4-5,7-10,12,15-18,25H,3,13-14H2,1-2H3,(H,30,31);1-2H3. The molecule has 5 rings (SSSR count). The van der Waals surface area contributed by atoms with Gasteiger partial charge in [0.15, 0.2) is 0 Å². The quantitative estimate of drug-likeness (QED) is 0.347. The summed E-state index contributed by atoms with van der Waals surface area (Å²) in [5.41, 5.74) is 7.59. The van der Waals surface area contributed by atoms with E-state index in [1.807, 2.05) is 32.2 Å². The molecule has 0 amide bonds. The van der Waals surface area contributed by atoms with Gasteiger partial charge in [0.25, 0.3) is 0 Å². The van der Waals surface area contributed by atoms with Crippen molar-refractivity contribution in [3.05, 3.63) is 89.2 Å². The summed E-state index contributed by atoms with van der Waals surface area (Å²) >= 11 is 0. The van der Waals surface area contributed by atoms with Gasteiger partial charge >= 0.3 is 0 Å². The molecule has 0 saturated heterocycles. The lowest BCUT2D eigenvalue weighted by atomic mass is 10.0.